The van der Waals surface area contributed by atoms with Gasteiger partial charge in [-0.2, -0.15) is 0 Å². The fraction of sp³-hybridized carbons (Fsp3) is 0.500. The second-order valence-electron chi connectivity index (χ2n) is 4.78. The third-order valence-electron chi connectivity index (χ3n) is 3.50. The van der Waals surface area contributed by atoms with Crippen LogP contribution in [0.25, 0.3) is 0 Å². The van der Waals surface area contributed by atoms with E-state index in [2.05, 4.69) is 12.2 Å². The first kappa shape index (κ1) is 13.7. The quantitative estimate of drug-likeness (QED) is 0.723. The molecule has 104 valence electrons. The molecule has 5 heteroatoms. The molecule has 0 radical (unpaired) electrons. The predicted molar refractivity (Wildman–Crippen MR) is 70.2 cm³/mol. The van der Waals surface area contributed by atoms with Crippen molar-refractivity contribution in [3.63, 3.8) is 0 Å². The Morgan fingerprint density at radius 1 is 1.47 bits per heavy atom. The number of phenols is 2. The Balaban J connectivity index is 1.96. The molecule has 2 unspecified atom stereocenters. The van der Waals surface area contributed by atoms with Gasteiger partial charge >= 0.3 is 0 Å². The van der Waals surface area contributed by atoms with Gasteiger partial charge in [0.05, 0.1) is 11.7 Å². The van der Waals surface area contributed by atoms with Gasteiger partial charge < -0.3 is 20.3 Å². The first-order valence-electron chi connectivity index (χ1n) is 6.53. The summed E-state index contributed by atoms with van der Waals surface area (Å²) in [6.07, 6.45) is 2.06. The largest absolute Gasteiger partial charge is 0.508 e. The van der Waals surface area contributed by atoms with Crippen molar-refractivity contribution < 1.29 is 19.7 Å². The Bertz CT molecular complexity index is 461. The molecular formula is C14H19NO4. The molecule has 0 aromatic heterocycles. The zero-order valence-corrected chi connectivity index (χ0v) is 10.9. The van der Waals surface area contributed by atoms with E-state index in [1.807, 2.05) is 0 Å². The van der Waals surface area contributed by atoms with Crippen molar-refractivity contribution in [2.45, 2.75) is 25.9 Å². The summed E-state index contributed by atoms with van der Waals surface area (Å²) in [4.78, 5) is 11.9. The van der Waals surface area contributed by atoms with E-state index in [-0.39, 0.29) is 29.1 Å². The number of phenolic OH excluding ortho intramolecular Hbond substituents is 2. The SMILES string of the molecule is CCC1OCCC1CNC(=O)c1cc(O)ccc1O. The topological polar surface area (TPSA) is 78.8 Å². The van der Waals surface area contributed by atoms with Crippen LogP contribution in [0.5, 0.6) is 11.5 Å². The number of benzene rings is 1. The molecule has 0 aliphatic carbocycles. The van der Waals surface area contributed by atoms with Crippen molar-refractivity contribution in [1.82, 2.24) is 5.32 Å². The van der Waals surface area contributed by atoms with Crippen molar-refractivity contribution in [3.05, 3.63) is 23.8 Å². The molecule has 19 heavy (non-hydrogen) atoms. The molecule has 5 nitrogen and oxygen atoms in total. The van der Waals surface area contributed by atoms with Crippen LogP contribution in [0.2, 0.25) is 0 Å². The van der Waals surface area contributed by atoms with Gasteiger partial charge in [0.15, 0.2) is 0 Å². The molecule has 1 aliphatic rings. The zero-order chi connectivity index (χ0) is 13.8. The zero-order valence-electron chi connectivity index (χ0n) is 10.9. The van der Waals surface area contributed by atoms with Gasteiger partial charge in [0.1, 0.15) is 11.5 Å². The Labute approximate surface area is 112 Å². The van der Waals surface area contributed by atoms with Gasteiger partial charge in [0.25, 0.3) is 5.91 Å². The van der Waals surface area contributed by atoms with Gasteiger partial charge in [-0.25, -0.2) is 0 Å². The highest BCUT2D eigenvalue weighted by Crippen LogP contribution is 2.24. The lowest BCUT2D eigenvalue weighted by Gasteiger charge is -2.17. The van der Waals surface area contributed by atoms with E-state index in [0.29, 0.717) is 12.5 Å². The number of nitrogens with one attached hydrogen (secondary N) is 1. The molecule has 1 saturated heterocycles. The summed E-state index contributed by atoms with van der Waals surface area (Å²) in [5.74, 6) is -0.243. The van der Waals surface area contributed by atoms with Crippen LogP contribution < -0.4 is 5.32 Å². The number of carbonyl (C=O) groups excluding carboxylic acids is 1. The summed E-state index contributed by atoms with van der Waals surface area (Å²) in [7, 11) is 0. The van der Waals surface area contributed by atoms with Gasteiger partial charge in [-0.15, -0.1) is 0 Å². The molecule has 1 heterocycles. The van der Waals surface area contributed by atoms with E-state index in [9.17, 15) is 15.0 Å². The summed E-state index contributed by atoms with van der Waals surface area (Å²) in [6, 6.07) is 3.90. The molecular weight excluding hydrogens is 246 g/mol. The van der Waals surface area contributed by atoms with E-state index < -0.39 is 0 Å². The maximum atomic E-state index is 11.9. The lowest BCUT2D eigenvalue weighted by atomic mass is 9.99. The molecule has 1 aromatic carbocycles. The van der Waals surface area contributed by atoms with E-state index in [0.717, 1.165) is 19.4 Å². The van der Waals surface area contributed by atoms with Crippen molar-refractivity contribution in [2.24, 2.45) is 5.92 Å². The van der Waals surface area contributed by atoms with Crippen LogP contribution >= 0.6 is 0 Å². The van der Waals surface area contributed by atoms with Crippen LogP contribution in [-0.2, 0) is 4.74 Å². The van der Waals surface area contributed by atoms with Gasteiger partial charge in [0.2, 0.25) is 0 Å². The van der Waals surface area contributed by atoms with E-state index in [1.165, 1.54) is 18.2 Å². The van der Waals surface area contributed by atoms with Gasteiger partial charge in [-0.1, -0.05) is 6.92 Å². The lowest BCUT2D eigenvalue weighted by Crippen LogP contribution is -2.32. The minimum absolute atomic E-state index is 0.0430. The number of carbonyl (C=O) groups is 1. The molecule has 0 spiro atoms. The van der Waals surface area contributed by atoms with Crippen molar-refractivity contribution in [1.29, 1.82) is 0 Å². The third kappa shape index (κ3) is 3.17. The normalized spacial score (nSPS) is 22.4. The second kappa shape index (κ2) is 5.93. The molecule has 1 aromatic rings. The molecule has 1 aliphatic heterocycles. The summed E-state index contributed by atoms with van der Waals surface area (Å²) in [5.41, 5.74) is 0.0898. The number of rotatable bonds is 4. The number of ether oxygens (including phenoxy) is 1. The van der Waals surface area contributed by atoms with Crippen LogP contribution in [0, 0.1) is 5.92 Å². The monoisotopic (exact) mass is 265 g/mol. The molecule has 0 saturated carbocycles. The fourth-order valence-corrected chi connectivity index (χ4v) is 2.40. The summed E-state index contributed by atoms with van der Waals surface area (Å²) in [5, 5.41) is 21.7. The minimum Gasteiger partial charge on any atom is -0.508 e. The van der Waals surface area contributed by atoms with Crippen LogP contribution in [0.1, 0.15) is 30.1 Å². The molecule has 3 N–H and O–H groups in total. The standard InChI is InChI=1S/C14H19NO4/c1-2-13-9(5-6-19-13)8-15-14(18)11-7-10(16)3-4-12(11)17/h3-4,7,9,13,16-17H,2,5-6,8H2,1H3,(H,15,18). The highest BCUT2D eigenvalue weighted by Gasteiger charge is 2.27. The van der Waals surface area contributed by atoms with E-state index in [1.54, 1.807) is 0 Å². The number of amides is 1. The summed E-state index contributed by atoms with van der Waals surface area (Å²) in [6.45, 7) is 3.31. The second-order valence-corrected chi connectivity index (χ2v) is 4.78. The van der Waals surface area contributed by atoms with Gasteiger partial charge in [-0.3, -0.25) is 4.79 Å². The Hall–Kier alpha value is -1.75. The molecule has 2 atom stereocenters. The Morgan fingerprint density at radius 2 is 2.26 bits per heavy atom. The Morgan fingerprint density at radius 3 is 3.00 bits per heavy atom. The average Bonchev–Trinajstić information content (AvgIpc) is 2.86. The molecule has 1 fully saturated rings. The van der Waals surface area contributed by atoms with E-state index in [4.69, 9.17) is 4.74 Å². The molecule has 1 amide bonds. The predicted octanol–water partition coefficient (Wildman–Crippen LogP) is 1.64. The number of aromatic hydroxyl groups is 2. The van der Waals surface area contributed by atoms with Crippen LogP contribution in [0.3, 0.4) is 0 Å². The maximum absolute atomic E-state index is 11.9. The number of hydrogen-bond acceptors (Lipinski definition) is 4. The Kier molecular flexibility index (Phi) is 4.27. The van der Waals surface area contributed by atoms with Crippen LogP contribution in [0.4, 0.5) is 0 Å². The van der Waals surface area contributed by atoms with Gasteiger partial charge in [-0.05, 0) is 31.0 Å². The maximum Gasteiger partial charge on any atom is 0.255 e. The molecule has 0 bridgehead atoms. The van der Waals surface area contributed by atoms with Gasteiger partial charge in [0, 0.05) is 19.1 Å². The summed E-state index contributed by atoms with van der Waals surface area (Å²) >= 11 is 0. The van der Waals surface area contributed by atoms with Crippen LogP contribution in [0.15, 0.2) is 18.2 Å². The van der Waals surface area contributed by atoms with Crippen LogP contribution in [-0.4, -0.2) is 35.4 Å². The van der Waals surface area contributed by atoms with Crippen molar-refractivity contribution in [2.75, 3.05) is 13.2 Å². The first-order valence-corrected chi connectivity index (χ1v) is 6.53. The minimum atomic E-state index is -0.379. The summed E-state index contributed by atoms with van der Waals surface area (Å²) < 4.78 is 5.55. The fourth-order valence-electron chi connectivity index (χ4n) is 2.40. The smallest absolute Gasteiger partial charge is 0.255 e. The number of hydrogen-bond donors (Lipinski definition) is 3. The highest BCUT2D eigenvalue weighted by molar-refractivity contribution is 5.97. The molecule has 2 rings (SSSR count). The van der Waals surface area contributed by atoms with E-state index >= 15 is 0 Å². The highest BCUT2D eigenvalue weighted by atomic mass is 16.5. The van der Waals surface area contributed by atoms with Crippen molar-refractivity contribution in [3.8, 4) is 11.5 Å². The third-order valence-corrected chi connectivity index (χ3v) is 3.50. The first-order chi connectivity index (χ1) is 9.11. The average molecular weight is 265 g/mol. The lowest BCUT2D eigenvalue weighted by molar-refractivity contribution is 0.0826. The van der Waals surface area contributed by atoms with Crippen molar-refractivity contribution >= 4 is 5.91 Å².